The van der Waals surface area contributed by atoms with Crippen LogP contribution in [0.3, 0.4) is 0 Å². The van der Waals surface area contributed by atoms with Crippen molar-refractivity contribution in [2.45, 2.75) is 38.3 Å². The maximum Gasteiger partial charge on any atom is 0.416 e. The van der Waals surface area contributed by atoms with E-state index in [2.05, 4.69) is 5.10 Å². The molecule has 0 unspecified atom stereocenters. The van der Waals surface area contributed by atoms with Crippen molar-refractivity contribution >= 4 is 51.5 Å². The molecule has 2 aromatic carbocycles. The number of aromatic nitrogens is 2. The molecular weight excluding hydrogens is 544 g/mol. The van der Waals surface area contributed by atoms with Crippen LogP contribution in [0.2, 0.25) is 5.02 Å². The lowest BCUT2D eigenvalue weighted by molar-refractivity contribution is -0.138. The third kappa shape index (κ3) is 5.19. The summed E-state index contributed by atoms with van der Waals surface area (Å²) in [5, 5.41) is 4.40. The highest BCUT2D eigenvalue weighted by atomic mass is 35.5. The van der Waals surface area contributed by atoms with Crippen molar-refractivity contribution in [2.75, 3.05) is 19.6 Å². The fraction of sp³-hybridized carbons (Fsp3) is 0.346. The number of carbonyl (C=O) groups excluding carboxylic acids is 2. The van der Waals surface area contributed by atoms with Crippen LogP contribution in [0.5, 0.6) is 0 Å². The molecule has 3 heterocycles. The van der Waals surface area contributed by atoms with Gasteiger partial charge in [0.15, 0.2) is 0 Å². The van der Waals surface area contributed by atoms with Gasteiger partial charge in [-0.3, -0.25) is 19.2 Å². The summed E-state index contributed by atoms with van der Waals surface area (Å²) in [5.41, 5.74) is 0.418. The summed E-state index contributed by atoms with van der Waals surface area (Å²) in [4.78, 5) is 28.9. The predicted molar refractivity (Wildman–Crippen MR) is 139 cm³/mol. The van der Waals surface area contributed by atoms with Gasteiger partial charge in [-0.1, -0.05) is 30.7 Å². The van der Waals surface area contributed by atoms with Gasteiger partial charge in [-0.05, 0) is 66.2 Å². The highest BCUT2D eigenvalue weighted by Crippen LogP contribution is 2.37. The molecule has 2 aliphatic rings. The van der Waals surface area contributed by atoms with Crippen molar-refractivity contribution in [3.63, 3.8) is 0 Å². The number of amides is 2. The number of thioether (sulfide) groups is 1. The number of halogens is 5. The van der Waals surface area contributed by atoms with Gasteiger partial charge in [0.05, 0.1) is 34.8 Å². The highest BCUT2D eigenvalue weighted by Gasteiger charge is 2.44. The Kier molecular flexibility index (Phi) is 7.27. The minimum absolute atomic E-state index is 0.00564. The van der Waals surface area contributed by atoms with Crippen LogP contribution in [0.1, 0.15) is 30.0 Å². The molecule has 2 amide bonds. The summed E-state index contributed by atoms with van der Waals surface area (Å²) in [6, 6.07) is 7.96. The maximum atomic E-state index is 14.8. The summed E-state index contributed by atoms with van der Waals surface area (Å²) < 4.78 is 56.8. The molecule has 2 aliphatic heterocycles. The molecule has 6 nitrogen and oxygen atoms in total. The Labute approximate surface area is 225 Å². The van der Waals surface area contributed by atoms with Crippen molar-refractivity contribution in [3.05, 3.63) is 69.2 Å². The van der Waals surface area contributed by atoms with Crippen LogP contribution < -0.4 is 0 Å². The molecule has 0 aliphatic carbocycles. The lowest BCUT2D eigenvalue weighted by atomic mass is 10.0. The van der Waals surface area contributed by atoms with Crippen LogP contribution in [0, 0.1) is 0 Å². The minimum atomic E-state index is -4.56. The van der Waals surface area contributed by atoms with E-state index in [9.17, 15) is 27.2 Å². The molecule has 38 heavy (non-hydrogen) atoms. The van der Waals surface area contributed by atoms with E-state index >= 15 is 0 Å². The average molecular weight is 567 g/mol. The Balaban J connectivity index is 1.37. The molecule has 0 saturated carbocycles. The molecule has 0 N–H and O–H groups in total. The number of imide groups is 1. The second-order valence-corrected chi connectivity index (χ2v) is 10.7. The van der Waals surface area contributed by atoms with Crippen LogP contribution in [0.4, 0.5) is 22.4 Å². The van der Waals surface area contributed by atoms with Gasteiger partial charge >= 0.3 is 6.18 Å². The van der Waals surface area contributed by atoms with Gasteiger partial charge in [0, 0.05) is 23.5 Å². The van der Waals surface area contributed by atoms with E-state index in [1.807, 2.05) is 11.8 Å². The number of alkyl halides is 4. The zero-order valence-electron chi connectivity index (χ0n) is 20.2. The highest BCUT2D eigenvalue weighted by molar-refractivity contribution is 8.18. The first-order valence-corrected chi connectivity index (χ1v) is 13.2. The maximum absolute atomic E-state index is 14.8. The monoisotopic (exact) mass is 566 g/mol. The van der Waals surface area contributed by atoms with Gasteiger partial charge in [0.1, 0.15) is 6.17 Å². The predicted octanol–water partition coefficient (Wildman–Crippen LogP) is 6.23. The van der Waals surface area contributed by atoms with E-state index in [1.54, 1.807) is 24.3 Å². The second kappa shape index (κ2) is 10.3. The number of benzene rings is 2. The van der Waals surface area contributed by atoms with Gasteiger partial charge in [0.2, 0.25) is 0 Å². The fourth-order valence-corrected chi connectivity index (χ4v) is 5.94. The number of likely N-dealkylation sites (tertiary alicyclic amines) is 1. The van der Waals surface area contributed by atoms with E-state index in [0.29, 0.717) is 36.0 Å². The van der Waals surface area contributed by atoms with Crippen LogP contribution >= 0.6 is 23.4 Å². The summed E-state index contributed by atoms with van der Waals surface area (Å²) >= 11 is 6.56. The van der Waals surface area contributed by atoms with E-state index < -0.39 is 35.1 Å². The van der Waals surface area contributed by atoms with Crippen molar-refractivity contribution in [1.29, 1.82) is 0 Å². The van der Waals surface area contributed by atoms with E-state index in [0.717, 1.165) is 22.7 Å². The SMILES string of the molecule is CCN1CC[C@H](N2C(=O)SC(=Cc3ccc4c(cnn4Cc4ccc(Cl)cc4C(F)(F)F)c3)C2=O)[C@@H](F)C1. The van der Waals surface area contributed by atoms with Gasteiger partial charge in [-0.2, -0.15) is 18.3 Å². The Morgan fingerprint density at radius 3 is 2.68 bits per heavy atom. The number of rotatable bonds is 5. The number of hydrogen-bond acceptors (Lipinski definition) is 5. The Morgan fingerprint density at radius 1 is 1.18 bits per heavy atom. The lowest BCUT2D eigenvalue weighted by Gasteiger charge is -2.37. The third-order valence-corrected chi connectivity index (χ3v) is 7.97. The Hall–Kier alpha value is -2.89. The van der Waals surface area contributed by atoms with E-state index in [4.69, 9.17) is 11.6 Å². The van der Waals surface area contributed by atoms with Gasteiger partial charge in [-0.15, -0.1) is 0 Å². The van der Waals surface area contributed by atoms with Crippen molar-refractivity contribution in [2.24, 2.45) is 0 Å². The number of piperidine rings is 1. The number of fused-ring (bicyclic) bond motifs is 1. The molecule has 2 fully saturated rings. The average Bonchev–Trinajstić information content (AvgIpc) is 3.38. The van der Waals surface area contributed by atoms with Gasteiger partial charge < -0.3 is 4.90 Å². The molecular formula is C26H23ClF4N4O2S. The topological polar surface area (TPSA) is 58.4 Å². The standard InChI is InChI=1S/C26H23ClF4N4O2S/c1-2-33-8-7-22(20(28)14-33)35-24(36)23(38-25(35)37)10-15-3-6-21-17(9-15)12-32-34(21)13-16-4-5-18(27)11-19(16)26(29,30)31/h3-6,9-12,20,22H,2,7-8,13-14H2,1H3/t20-,22-/m0/s1. The molecule has 1 aromatic heterocycles. The molecule has 0 spiro atoms. The number of hydrogen-bond donors (Lipinski definition) is 0. The first-order valence-electron chi connectivity index (χ1n) is 12.0. The van der Waals surface area contributed by atoms with Gasteiger partial charge in [-0.25, -0.2) is 4.39 Å². The Bertz CT molecular complexity index is 1440. The number of nitrogens with zero attached hydrogens (tertiary/aromatic N) is 4. The first kappa shape index (κ1) is 26.7. The first-order chi connectivity index (χ1) is 18.0. The summed E-state index contributed by atoms with van der Waals surface area (Å²) in [5.74, 6) is -0.518. The summed E-state index contributed by atoms with van der Waals surface area (Å²) in [7, 11) is 0. The molecule has 2 atom stereocenters. The molecule has 0 radical (unpaired) electrons. The quantitative estimate of drug-likeness (QED) is 0.271. The zero-order valence-corrected chi connectivity index (χ0v) is 21.8. The van der Waals surface area contributed by atoms with E-state index in [1.165, 1.54) is 23.0 Å². The van der Waals surface area contributed by atoms with Crippen LogP contribution in [0.15, 0.2) is 47.5 Å². The third-order valence-electron chi connectivity index (χ3n) is 6.85. The normalized spacial score (nSPS) is 22.3. The molecule has 200 valence electrons. The zero-order chi connectivity index (χ0) is 27.2. The summed E-state index contributed by atoms with van der Waals surface area (Å²) in [6.07, 6.45) is -2.39. The van der Waals surface area contributed by atoms with Gasteiger partial charge in [0.25, 0.3) is 11.1 Å². The summed E-state index contributed by atoms with van der Waals surface area (Å²) in [6.45, 7) is 3.33. The van der Waals surface area contributed by atoms with Crippen molar-refractivity contribution < 1.29 is 27.2 Å². The molecule has 0 bridgehead atoms. The van der Waals surface area contributed by atoms with Crippen LogP contribution in [-0.2, 0) is 17.5 Å². The van der Waals surface area contributed by atoms with Crippen molar-refractivity contribution in [3.8, 4) is 0 Å². The molecule has 5 rings (SSSR count). The molecule has 2 saturated heterocycles. The molecule has 12 heteroatoms. The van der Waals surface area contributed by atoms with Crippen LogP contribution in [0.25, 0.3) is 17.0 Å². The Morgan fingerprint density at radius 2 is 1.97 bits per heavy atom. The minimum Gasteiger partial charge on any atom is -0.301 e. The number of carbonyl (C=O) groups is 2. The largest absolute Gasteiger partial charge is 0.416 e. The van der Waals surface area contributed by atoms with Crippen molar-refractivity contribution in [1.82, 2.24) is 19.6 Å². The fourth-order valence-electron chi connectivity index (χ4n) is 4.88. The molecule has 3 aromatic rings. The van der Waals surface area contributed by atoms with E-state index in [-0.39, 0.29) is 28.6 Å². The second-order valence-electron chi connectivity index (χ2n) is 9.24. The lowest BCUT2D eigenvalue weighted by Crippen LogP contribution is -2.53. The van der Waals surface area contributed by atoms with Crippen LogP contribution in [-0.4, -0.2) is 62.6 Å². The smallest absolute Gasteiger partial charge is 0.301 e.